The number of hydrogen-bond donors (Lipinski definition) is 2. The van der Waals surface area contributed by atoms with Crippen molar-refractivity contribution in [3.8, 4) is 23.0 Å². The topological polar surface area (TPSA) is 195 Å². The monoisotopic (exact) mass is 1380 g/mol. The Morgan fingerprint density at radius 2 is 0.681 bits per heavy atom. The standard InChI is InChI=1S/2C18H15S.2C14H12F2O7S.CH4.B5.ClH.Na/c2*1-4-10-16(11-5-1)19(17-12-6-2-7-13-17)18-14-8-3-9-15-18;2*15-14(16,24-23-22-19)13(18)21-8-7-20-12-6-2-3-9-10(12)4-1-5-11(9)17;;1-4-5(2)3;;/h2*1-15H;2*1-6,17,19H,7-8H2;1H4;;1H;/q2*+1;;;;;;+1/p-3. The average molecular weight is 1380 g/mol. The molecule has 10 aromatic carbocycles. The maximum atomic E-state index is 13.1. The Morgan fingerprint density at radius 3 is 0.926 bits per heavy atom. The molecule has 0 amide bonds. The maximum Gasteiger partial charge on any atom is 1.00 e. The summed E-state index contributed by atoms with van der Waals surface area (Å²) in [5.74, 6) is -2.87. The molecule has 0 unspecified atom stereocenters. The van der Waals surface area contributed by atoms with Gasteiger partial charge in [0.05, 0.1) is 21.8 Å². The second-order valence-corrected chi connectivity index (χ2v) is 23.6. The third-order valence-electron chi connectivity index (χ3n) is 11.8. The summed E-state index contributed by atoms with van der Waals surface area (Å²) in [5.41, 5.74) is 0. The Bertz CT molecular complexity index is 3320. The van der Waals surface area contributed by atoms with Crippen LogP contribution in [-0.4, -0.2) is 95.7 Å². The minimum Gasteiger partial charge on any atom is -1.00 e. The van der Waals surface area contributed by atoms with E-state index in [0.717, 1.165) is 0 Å². The summed E-state index contributed by atoms with van der Waals surface area (Å²) in [7, 11) is 15.8. The van der Waals surface area contributed by atoms with E-state index in [-0.39, 0.29) is 95.9 Å². The van der Waals surface area contributed by atoms with E-state index in [2.05, 4.69) is 210 Å². The van der Waals surface area contributed by atoms with Crippen LogP contribution in [0.1, 0.15) is 7.43 Å². The van der Waals surface area contributed by atoms with Gasteiger partial charge in [0.25, 0.3) is 0 Å². The van der Waals surface area contributed by atoms with Gasteiger partial charge in [-0.15, -0.1) is 0 Å². The zero-order chi connectivity index (χ0) is 65.3. The first-order valence-electron chi connectivity index (χ1n) is 27.0. The van der Waals surface area contributed by atoms with Crippen LogP contribution in [0.4, 0.5) is 17.6 Å². The number of benzene rings is 10. The van der Waals surface area contributed by atoms with Crippen molar-refractivity contribution in [2.24, 2.45) is 0 Å². The third-order valence-corrected chi connectivity index (χ3v) is 17.2. The van der Waals surface area contributed by atoms with Crippen LogP contribution in [0.15, 0.2) is 284 Å². The van der Waals surface area contributed by atoms with Crippen molar-refractivity contribution in [1.29, 1.82) is 0 Å². The quantitative estimate of drug-likeness (QED) is 0.0108. The molecule has 0 saturated heterocycles. The molecule has 0 aliphatic rings. The molecule has 7 radical (unpaired) electrons. The zero-order valence-electron chi connectivity index (χ0n) is 49.3. The van der Waals surface area contributed by atoms with Crippen LogP contribution in [0.25, 0.3) is 21.5 Å². The first-order valence-corrected chi connectivity index (χ1v) is 30.9. The fraction of sp³-hybridized carbons (Fsp3) is 0.108. The number of fused-ring (bicyclic) bond motifs is 2. The smallest absolute Gasteiger partial charge is 1.00 e. The van der Waals surface area contributed by atoms with Gasteiger partial charge in [-0.05, 0) is 97.1 Å². The van der Waals surface area contributed by atoms with E-state index >= 15 is 0 Å². The molecule has 0 atom stereocenters. The number of hydrogen-bond acceptors (Lipinski definition) is 16. The molecule has 0 aliphatic heterocycles. The van der Waals surface area contributed by atoms with E-state index in [0.29, 0.717) is 33.0 Å². The molecule has 0 aliphatic carbocycles. The Balaban J connectivity index is 0.000000317. The molecular formula is C65H56B5ClF4NaO14S4. The van der Waals surface area contributed by atoms with Crippen LogP contribution >= 0.6 is 24.1 Å². The van der Waals surface area contributed by atoms with E-state index in [4.69, 9.17) is 32.7 Å². The second kappa shape index (κ2) is 44.2. The van der Waals surface area contributed by atoms with Gasteiger partial charge >= 0.3 is 52.0 Å². The van der Waals surface area contributed by atoms with E-state index < -0.39 is 66.1 Å². The Labute approximate surface area is 590 Å². The number of phenolic OH excluding ortho intramolecular Hbond substituents is 2. The van der Waals surface area contributed by atoms with Crippen molar-refractivity contribution < 1.29 is 128 Å². The fourth-order valence-corrected chi connectivity index (χ4v) is 12.5. The molecule has 475 valence electrons. The molecule has 14 nitrogen and oxygen atoms in total. The third kappa shape index (κ3) is 26.5. The van der Waals surface area contributed by atoms with Crippen molar-refractivity contribution in [3.05, 3.63) is 255 Å². The maximum absolute atomic E-state index is 13.1. The van der Waals surface area contributed by atoms with Crippen LogP contribution in [0.2, 0.25) is 0 Å². The molecule has 10 aromatic rings. The van der Waals surface area contributed by atoms with Crippen molar-refractivity contribution in [2.75, 3.05) is 26.4 Å². The van der Waals surface area contributed by atoms with Crippen LogP contribution in [0, 0.1) is 0 Å². The Kier molecular flexibility index (Phi) is 38.3. The van der Waals surface area contributed by atoms with Gasteiger partial charge in [-0.3, -0.25) is 10.1 Å². The van der Waals surface area contributed by atoms with Gasteiger partial charge in [-0.2, -0.15) is 26.2 Å². The second-order valence-electron chi connectivity index (χ2n) is 18.0. The minimum absolute atomic E-state index is 0. The number of rotatable bonds is 23. The van der Waals surface area contributed by atoms with Gasteiger partial charge in [0.1, 0.15) is 73.5 Å². The molecule has 0 heterocycles. The van der Waals surface area contributed by atoms with E-state index in [9.17, 15) is 47.9 Å². The first-order chi connectivity index (χ1) is 44.1. The van der Waals surface area contributed by atoms with E-state index in [1.165, 1.54) is 48.6 Å². The van der Waals surface area contributed by atoms with Gasteiger partial charge in [-0.1, -0.05) is 165 Å². The molecule has 0 saturated carbocycles. The SMILES string of the molecule is C.O=C(OCCOc1cccc2c(O)cccc12)C(F)(F)SOO[O-].O=C(OCCOc1cccc2c(O)cccc12)C(F)(F)SOO[O-].[B][B]B([B])[B].[Cl-].[Na+].c1ccc([S+](c2ccccc2)c2ccccc2)cc1.c1ccc([S+](c2ccccc2)c2ccccc2)cc1. The van der Waals surface area contributed by atoms with Crippen molar-refractivity contribution in [2.45, 2.75) is 47.3 Å². The fourth-order valence-electron chi connectivity index (χ4n) is 7.86. The van der Waals surface area contributed by atoms with Crippen molar-refractivity contribution in [3.63, 3.8) is 0 Å². The van der Waals surface area contributed by atoms with Gasteiger partial charge in [0, 0.05) is 58.2 Å². The van der Waals surface area contributed by atoms with Gasteiger partial charge < -0.3 is 52.1 Å². The summed E-state index contributed by atoms with van der Waals surface area (Å²) in [6.45, 7) is -1.30. The molecule has 0 aromatic heterocycles. The molecule has 0 bridgehead atoms. The Morgan fingerprint density at radius 1 is 0.436 bits per heavy atom. The first kappa shape index (κ1) is 81.6. The van der Waals surface area contributed by atoms with Crippen LogP contribution in [0.3, 0.4) is 0 Å². The molecule has 10 rings (SSSR count). The molecule has 0 fully saturated rings. The van der Waals surface area contributed by atoms with Crippen LogP contribution in [-0.2, 0) is 59.6 Å². The van der Waals surface area contributed by atoms with Crippen LogP contribution < -0.4 is 62.0 Å². The van der Waals surface area contributed by atoms with E-state index in [1.807, 2.05) is 0 Å². The summed E-state index contributed by atoms with van der Waals surface area (Å²) < 4.78 is 78.6. The number of carbonyl (C=O) groups excluding carboxylic acids is 2. The number of carbonyl (C=O) groups is 2. The molecule has 2 N–H and O–H groups in total. The normalized spacial score (nSPS) is 10.5. The summed E-state index contributed by atoms with van der Waals surface area (Å²) in [4.78, 5) is 30.4. The van der Waals surface area contributed by atoms with Gasteiger partial charge in [-0.25, -0.2) is 9.59 Å². The van der Waals surface area contributed by atoms with Crippen molar-refractivity contribution in [1.82, 2.24) is 0 Å². The number of ether oxygens (including phenoxy) is 4. The zero-order valence-corrected chi connectivity index (χ0v) is 55.3. The molecule has 0 spiro atoms. The average Bonchev–Trinajstić information content (AvgIpc) is 0.856. The van der Waals surface area contributed by atoms with E-state index in [1.54, 1.807) is 60.7 Å². The van der Waals surface area contributed by atoms with Gasteiger partial charge in [0.15, 0.2) is 29.4 Å². The number of halogens is 5. The predicted molar refractivity (Wildman–Crippen MR) is 352 cm³/mol. The molecular weight excluding hydrogens is 1320 g/mol. The molecule has 94 heavy (non-hydrogen) atoms. The van der Waals surface area contributed by atoms with Crippen molar-refractivity contribution >= 4 is 116 Å². The number of aromatic hydroxyl groups is 2. The molecule has 29 heteroatoms. The summed E-state index contributed by atoms with van der Waals surface area (Å²) in [6, 6.07) is 83.9. The Hall–Kier alpha value is -6.65. The van der Waals surface area contributed by atoms with Crippen LogP contribution in [0.5, 0.6) is 23.0 Å². The number of phenols is 2. The summed E-state index contributed by atoms with van der Waals surface area (Å²) in [5, 5.41) is 38.1. The predicted octanol–water partition coefficient (Wildman–Crippen LogP) is 6.17. The number of esters is 2. The van der Waals surface area contributed by atoms with Gasteiger partial charge in [0.2, 0.25) is 0 Å². The number of alkyl halides is 4. The summed E-state index contributed by atoms with van der Waals surface area (Å²) >= 11 is -1.53. The minimum atomic E-state index is -4.09. The summed E-state index contributed by atoms with van der Waals surface area (Å²) in [6.07, 6.45) is -0.463. The largest absolute Gasteiger partial charge is 1.00 e.